The quantitative estimate of drug-likeness (QED) is 0.387. The Morgan fingerprint density at radius 3 is 2.61 bits per heavy atom. The standard InChI is InChI=1S/C23H22O5/c1-13-7-8-14(2)22(15(13)3)28-21(24)12-26-16-9-10-18-17-5-4-6-19(17)23(25)27-20(18)11-16/h7-11H,4-6,12H2,1-3H3. The average molecular weight is 378 g/mol. The lowest BCUT2D eigenvalue weighted by Crippen LogP contribution is -2.19. The van der Waals surface area contributed by atoms with Crippen molar-refractivity contribution >= 4 is 16.9 Å². The number of carbonyl (C=O) groups is 1. The molecule has 0 fully saturated rings. The molecule has 28 heavy (non-hydrogen) atoms. The third kappa shape index (κ3) is 3.28. The molecule has 2 aromatic carbocycles. The predicted molar refractivity (Wildman–Crippen MR) is 106 cm³/mol. The monoisotopic (exact) mass is 378 g/mol. The van der Waals surface area contributed by atoms with Gasteiger partial charge < -0.3 is 13.9 Å². The smallest absolute Gasteiger partial charge is 0.349 e. The van der Waals surface area contributed by atoms with E-state index in [2.05, 4.69) is 0 Å². The minimum Gasteiger partial charge on any atom is -0.482 e. The molecule has 0 N–H and O–H groups in total. The molecule has 0 atom stereocenters. The van der Waals surface area contributed by atoms with Gasteiger partial charge in [0.2, 0.25) is 0 Å². The summed E-state index contributed by atoms with van der Waals surface area (Å²) in [6.45, 7) is 5.57. The number of rotatable bonds is 4. The van der Waals surface area contributed by atoms with Gasteiger partial charge in [-0.15, -0.1) is 0 Å². The first-order valence-corrected chi connectivity index (χ1v) is 9.43. The molecule has 5 nitrogen and oxygen atoms in total. The van der Waals surface area contributed by atoms with Crippen molar-refractivity contribution in [2.45, 2.75) is 40.0 Å². The zero-order chi connectivity index (χ0) is 19.8. The van der Waals surface area contributed by atoms with Crippen molar-refractivity contribution in [3.8, 4) is 11.5 Å². The Morgan fingerprint density at radius 1 is 1.04 bits per heavy atom. The number of carbonyl (C=O) groups excluding carboxylic acids is 1. The molecule has 1 heterocycles. The van der Waals surface area contributed by atoms with Crippen molar-refractivity contribution in [1.82, 2.24) is 0 Å². The molecule has 5 heteroatoms. The van der Waals surface area contributed by atoms with E-state index in [-0.39, 0.29) is 12.2 Å². The van der Waals surface area contributed by atoms with E-state index in [1.807, 2.05) is 39.0 Å². The Kier molecular flexibility index (Phi) is 4.67. The maximum Gasteiger partial charge on any atom is 0.349 e. The zero-order valence-electron chi connectivity index (χ0n) is 16.3. The first-order chi connectivity index (χ1) is 13.4. The van der Waals surface area contributed by atoms with Gasteiger partial charge in [-0.25, -0.2) is 9.59 Å². The number of fused-ring (bicyclic) bond motifs is 3. The molecule has 0 radical (unpaired) electrons. The fraction of sp³-hybridized carbons (Fsp3) is 0.304. The van der Waals surface area contributed by atoms with Crippen molar-refractivity contribution < 1.29 is 18.7 Å². The Bertz CT molecular complexity index is 1140. The van der Waals surface area contributed by atoms with Crippen molar-refractivity contribution in [3.63, 3.8) is 0 Å². The van der Waals surface area contributed by atoms with Gasteiger partial charge in [-0.1, -0.05) is 12.1 Å². The normalized spacial score (nSPS) is 12.8. The molecule has 0 spiro atoms. The van der Waals surface area contributed by atoms with E-state index < -0.39 is 5.97 Å². The Morgan fingerprint density at radius 2 is 1.79 bits per heavy atom. The highest BCUT2D eigenvalue weighted by molar-refractivity contribution is 5.83. The average Bonchev–Trinajstić information content (AvgIpc) is 3.17. The number of aryl methyl sites for hydroxylation is 3. The van der Waals surface area contributed by atoms with Crippen molar-refractivity contribution in [2.75, 3.05) is 6.61 Å². The highest BCUT2D eigenvalue weighted by Crippen LogP contribution is 2.30. The van der Waals surface area contributed by atoms with Crippen LogP contribution in [-0.2, 0) is 17.6 Å². The second-order valence-electron chi connectivity index (χ2n) is 7.27. The summed E-state index contributed by atoms with van der Waals surface area (Å²) in [6.07, 6.45) is 2.63. The van der Waals surface area contributed by atoms with Crippen LogP contribution in [0.2, 0.25) is 0 Å². The van der Waals surface area contributed by atoms with Crippen LogP contribution in [0.3, 0.4) is 0 Å². The minimum atomic E-state index is -0.479. The number of hydrogen-bond donors (Lipinski definition) is 0. The van der Waals surface area contributed by atoms with Crippen LogP contribution in [0.4, 0.5) is 0 Å². The van der Waals surface area contributed by atoms with Gasteiger partial charge in [-0.2, -0.15) is 0 Å². The fourth-order valence-corrected chi connectivity index (χ4v) is 3.72. The second-order valence-corrected chi connectivity index (χ2v) is 7.27. The summed E-state index contributed by atoms with van der Waals surface area (Å²) in [5, 5.41) is 0.938. The number of benzene rings is 2. The first kappa shape index (κ1) is 18.3. The van der Waals surface area contributed by atoms with Gasteiger partial charge in [0, 0.05) is 17.0 Å². The van der Waals surface area contributed by atoms with E-state index in [1.54, 1.807) is 12.1 Å². The summed E-state index contributed by atoms with van der Waals surface area (Å²) >= 11 is 0. The summed E-state index contributed by atoms with van der Waals surface area (Å²) in [5.74, 6) is 0.559. The SMILES string of the molecule is Cc1ccc(C)c(OC(=O)COc2ccc3c4c(c(=O)oc3c2)CCC4)c1C. The zero-order valence-corrected chi connectivity index (χ0v) is 16.3. The molecule has 0 aliphatic heterocycles. The Labute approximate surface area is 162 Å². The van der Waals surface area contributed by atoms with Gasteiger partial charge in [-0.05, 0) is 74.4 Å². The topological polar surface area (TPSA) is 65.7 Å². The van der Waals surface area contributed by atoms with Crippen LogP contribution in [0.1, 0.15) is 34.2 Å². The minimum absolute atomic E-state index is 0.229. The summed E-state index contributed by atoms with van der Waals surface area (Å²) in [6, 6.07) is 9.26. The van der Waals surface area contributed by atoms with E-state index in [9.17, 15) is 9.59 Å². The molecule has 0 saturated carbocycles. The van der Waals surface area contributed by atoms with Crippen LogP contribution in [-0.4, -0.2) is 12.6 Å². The summed E-state index contributed by atoms with van der Waals surface area (Å²) in [7, 11) is 0. The molecule has 4 rings (SSSR count). The molecule has 3 aromatic rings. The van der Waals surface area contributed by atoms with Gasteiger partial charge in [-0.3, -0.25) is 0 Å². The molecule has 1 aliphatic rings. The van der Waals surface area contributed by atoms with Gasteiger partial charge >= 0.3 is 11.6 Å². The summed E-state index contributed by atoms with van der Waals surface area (Å²) < 4.78 is 16.5. The number of hydrogen-bond acceptors (Lipinski definition) is 5. The fourth-order valence-electron chi connectivity index (χ4n) is 3.72. The van der Waals surface area contributed by atoms with Gasteiger partial charge in [0.1, 0.15) is 17.1 Å². The van der Waals surface area contributed by atoms with E-state index >= 15 is 0 Å². The molecule has 0 bridgehead atoms. The lowest BCUT2D eigenvalue weighted by atomic mass is 10.1. The van der Waals surface area contributed by atoms with Crippen LogP contribution in [0.5, 0.6) is 11.5 Å². The third-order valence-corrected chi connectivity index (χ3v) is 5.39. The van der Waals surface area contributed by atoms with Crippen LogP contribution in [0.25, 0.3) is 11.0 Å². The first-order valence-electron chi connectivity index (χ1n) is 9.43. The molecular weight excluding hydrogens is 356 g/mol. The molecule has 0 unspecified atom stereocenters. The van der Waals surface area contributed by atoms with Crippen LogP contribution in [0.15, 0.2) is 39.5 Å². The highest BCUT2D eigenvalue weighted by atomic mass is 16.6. The van der Waals surface area contributed by atoms with Gasteiger partial charge in [0.05, 0.1) is 0 Å². The lowest BCUT2D eigenvalue weighted by molar-refractivity contribution is -0.136. The van der Waals surface area contributed by atoms with E-state index in [0.29, 0.717) is 17.1 Å². The maximum absolute atomic E-state index is 12.3. The van der Waals surface area contributed by atoms with Gasteiger partial charge in [0.15, 0.2) is 6.61 Å². The molecule has 1 aromatic heterocycles. The maximum atomic E-state index is 12.3. The highest BCUT2D eigenvalue weighted by Gasteiger charge is 2.20. The predicted octanol–water partition coefficient (Wildman–Crippen LogP) is 4.19. The molecule has 0 amide bonds. The van der Waals surface area contributed by atoms with E-state index in [4.69, 9.17) is 13.9 Å². The Balaban J connectivity index is 1.50. The molecule has 1 aliphatic carbocycles. The summed E-state index contributed by atoms with van der Waals surface area (Å²) in [5.41, 5.74) is 4.97. The number of esters is 1. The van der Waals surface area contributed by atoms with E-state index in [0.717, 1.165) is 52.5 Å². The van der Waals surface area contributed by atoms with Crippen LogP contribution >= 0.6 is 0 Å². The lowest BCUT2D eigenvalue weighted by Gasteiger charge is -2.13. The Hall–Kier alpha value is -3.08. The van der Waals surface area contributed by atoms with Crippen LogP contribution in [0, 0.1) is 20.8 Å². The van der Waals surface area contributed by atoms with Crippen molar-refractivity contribution in [1.29, 1.82) is 0 Å². The molecular formula is C23H22O5. The van der Waals surface area contributed by atoms with Gasteiger partial charge in [0.25, 0.3) is 0 Å². The molecule has 144 valence electrons. The third-order valence-electron chi connectivity index (χ3n) is 5.39. The van der Waals surface area contributed by atoms with E-state index in [1.165, 1.54) is 0 Å². The number of ether oxygens (including phenoxy) is 2. The largest absolute Gasteiger partial charge is 0.482 e. The van der Waals surface area contributed by atoms with Crippen molar-refractivity contribution in [3.05, 3.63) is 68.6 Å². The summed E-state index contributed by atoms with van der Waals surface area (Å²) in [4.78, 5) is 24.4. The van der Waals surface area contributed by atoms with Crippen LogP contribution < -0.4 is 15.1 Å². The second kappa shape index (κ2) is 7.15. The van der Waals surface area contributed by atoms with Crippen molar-refractivity contribution in [2.24, 2.45) is 0 Å². The molecule has 0 saturated heterocycles.